The highest BCUT2D eigenvalue weighted by molar-refractivity contribution is 5.82. The quantitative estimate of drug-likeness (QED) is 0.865. The number of hydrogen-bond donors (Lipinski definition) is 2. The molecule has 3 rings (SSSR count). The monoisotopic (exact) mass is 274 g/mol. The van der Waals surface area contributed by atoms with Crippen LogP contribution in [0.25, 0.3) is 0 Å². The smallest absolute Gasteiger partial charge is 0.239 e. The van der Waals surface area contributed by atoms with Crippen LogP contribution >= 0.6 is 0 Å². The van der Waals surface area contributed by atoms with Crippen molar-refractivity contribution in [3.8, 4) is 0 Å². The summed E-state index contributed by atoms with van der Waals surface area (Å²) in [6, 6.07) is 8.29. The number of aryl methyl sites for hydroxylation is 1. The van der Waals surface area contributed by atoms with Gasteiger partial charge in [-0.3, -0.25) is 4.79 Å². The second kappa shape index (κ2) is 5.54. The van der Waals surface area contributed by atoms with E-state index in [2.05, 4.69) is 41.8 Å². The lowest BCUT2D eigenvalue weighted by atomic mass is 9.92. The second-order valence-corrected chi connectivity index (χ2v) is 5.89. The molecule has 4 nitrogen and oxygen atoms in total. The van der Waals surface area contributed by atoms with Crippen molar-refractivity contribution in [1.82, 2.24) is 10.6 Å². The van der Waals surface area contributed by atoms with Crippen LogP contribution in [-0.2, 0) is 14.9 Å². The summed E-state index contributed by atoms with van der Waals surface area (Å²) >= 11 is 0. The molecule has 108 valence electrons. The van der Waals surface area contributed by atoms with Crippen molar-refractivity contribution < 1.29 is 9.53 Å². The minimum absolute atomic E-state index is 0.0598. The van der Waals surface area contributed by atoms with E-state index in [1.807, 2.05) is 0 Å². The first kappa shape index (κ1) is 13.6. The Morgan fingerprint density at radius 3 is 2.90 bits per heavy atom. The van der Waals surface area contributed by atoms with E-state index in [-0.39, 0.29) is 17.4 Å². The predicted molar refractivity (Wildman–Crippen MR) is 77.7 cm³/mol. The summed E-state index contributed by atoms with van der Waals surface area (Å²) in [6.45, 7) is 4.80. The maximum atomic E-state index is 12.1. The highest BCUT2D eigenvalue weighted by Gasteiger charge is 2.45. The molecule has 1 heterocycles. The first-order valence-electron chi connectivity index (χ1n) is 7.36. The first-order chi connectivity index (χ1) is 9.71. The Labute approximate surface area is 119 Å². The fraction of sp³-hybridized carbons (Fsp3) is 0.562. The maximum absolute atomic E-state index is 12.1. The van der Waals surface area contributed by atoms with Gasteiger partial charge in [-0.2, -0.15) is 0 Å². The van der Waals surface area contributed by atoms with Crippen LogP contribution in [0.15, 0.2) is 24.3 Å². The third kappa shape index (κ3) is 2.72. The van der Waals surface area contributed by atoms with Crippen LogP contribution in [0.3, 0.4) is 0 Å². The molecule has 4 heteroatoms. The van der Waals surface area contributed by atoms with Gasteiger partial charge in [-0.25, -0.2) is 0 Å². The normalized spacial score (nSPS) is 24.1. The van der Waals surface area contributed by atoms with Gasteiger partial charge in [0.05, 0.1) is 13.2 Å². The van der Waals surface area contributed by atoms with Gasteiger partial charge in [0.15, 0.2) is 0 Å². The molecule has 1 saturated heterocycles. The summed E-state index contributed by atoms with van der Waals surface area (Å²) in [5.41, 5.74) is 2.86. The molecule has 2 aliphatic rings. The Hall–Kier alpha value is -1.39. The average molecular weight is 274 g/mol. The molecule has 0 bridgehead atoms. The van der Waals surface area contributed by atoms with Crippen LogP contribution in [0.2, 0.25) is 0 Å². The number of nitrogens with one attached hydrogen (secondary N) is 2. The molecular weight excluding hydrogens is 252 g/mol. The predicted octanol–water partition coefficient (Wildman–Crippen LogP) is 1.13. The lowest BCUT2D eigenvalue weighted by Gasteiger charge is -2.25. The van der Waals surface area contributed by atoms with E-state index in [0.717, 1.165) is 25.9 Å². The van der Waals surface area contributed by atoms with E-state index >= 15 is 0 Å². The van der Waals surface area contributed by atoms with Crippen LogP contribution in [0.1, 0.15) is 24.0 Å². The van der Waals surface area contributed by atoms with Gasteiger partial charge in [0.1, 0.15) is 6.04 Å². The van der Waals surface area contributed by atoms with Crippen molar-refractivity contribution in [1.29, 1.82) is 0 Å². The topological polar surface area (TPSA) is 50.4 Å². The van der Waals surface area contributed by atoms with E-state index in [0.29, 0.717) is 13.2 Å². The van der Waals surface area contributed by atoms with Gasteiger partial charge >= 0.3 is 0 Å². The fourth-order valence-electron chi connectivity index (χ4n) is 2.97. The highest BCUT2D eigenvalue weighted by atomic mass is 16.5. The lowest BCUT2D eigenvalue weighted by Crippen LogP contribution is -2.52. The molecule has 1 unspecified atom stereocenters. The minimum Gasteiger partial charge on any atom is -0.378 e. The van der Waals surface area contributed by atoms with Crippen LogP contribution in [-0.4, -0.2) is 38.3 Å². The molecule has 1 atom stereocenters. The molecule has 2 N–H and O–H groups in total. The standard InChI is InChI=1S/C16H22N2O2/c1-12-4-2-3-5-13(12)16(6-7-16)11-18-15(19)14-10-20-9-8-17-14/h2-5,14,17H,6-11H2,1H3,(H,18,19). The molecule has 1 aliphatic carbocycles. The average Bonchev–Trinajstić information content (AvgIpc) is 3.27. The van der Waals surface area contributed by atoms with E-state index in [1.54, 1.807) is 0 Å². The van der Waals surface area contributed by atoms with Crippen molar-refractivity contribution in [2.75, 3.05) is 26.3 Å². The Bertz CT molecular complexity index is 491. The van der Waals surface area contributed by atoms with Gasteiger partial charge in [0.25, 0.3) is 0 Å². The van der Waals surface area contributed by atoms with Gasteiger partial charge in [0.2, 0.25) is 5.91 Å². The highest BCUT2D eigenvalue weighted by Crippen LogP contribution is 2.48. The van der Waals surface area contributed by atoms with E-state index < -0.39 is 0 Å². The van der Waals surface area contributed by atoms with E-state index in [4.69, 9.17) is 4.74 Å². The zero-order chi connectivity index (χ0) is 14.0. The molecule has 1 aliphatic heterocycles. The molecule has 0 radical (unpaired) electrons. The zero-order valence-corrected chi connectivity index (χ0v) is 11.9. The van der Waals surface area contributed by atoms with Gasteiger partial charge in [-0.1, -0.05) is 24.3 Å². The Morgan fingerprint density at radius 1 is 1.45 bits per heavy atom. The molecule has 1 saturated carbocycles. The molecule has 1 aromatic carbocycles. The SMILES string of the molecule is Cc1ccccc1C1(CNC(=O)C2COCCN2)CC1. The van der Waals surface area contributed by atoms with Crippen molar-refractivity contribution >= 4 is 5.91 Å². The van der Waals surface area contributed by atoms with Crippen LogP contribution in [0, 0.1) is 6.92 Å². The Morgan fingerprint density at radius 2 is 2.25 bits per heavy atom. The van der Waals surface area contributed by atoms with Gasteiger partial charge in [-0.05, 0) is 30.9 Å². The first-order valence-corrected chi connectivity index (χ1v) is 7.36. The number of ether oxygens (including phenoxy) is 1. The van der Waals surface area contributed by atoms with Gasteiger partial charge in [-0.15, -0.1) is 0 Å². The van der Waals surface area contributed by atoms with Crippen molar-refractivity contribution in [2.45, 2.75) is 31.2 Å². The third-order valence-corrected chi connectivity index (χ3v) is 4.41. The zero-order valence-electron chi connectivity index (χ0n) is 11.9. The number of carbonyl (C=O) groups is 1. The second-order valence-electron chi connectivity index (χ2n) is 5.89. The Balaban J connectivity index is 1.60. The van der Waals surface area contributed by atoms with Crippen LogP contribution in [0.5, 0.6) is 0 Å². The van der Waals surface area contributed by atoms with Gasteiger partial charge in [0, 0.05) is 18.5 Å². The fourth-order valence-corrected chi connectivity index (χ4v) is 2.97. The summed E-state index contributed by atoms with van der Waals surface area (Å²) < 4.78 is 5.33. The van der Waals surface area contributed by atoms with Crippen molar-refractivity contribution in [2.24, 2.45) is 0 Å². The summed E-state index contributed by atoms with van der Waals surface area (Å²) in [5.74, 6) is 0.0598. The molecule has 0 aromatic heterocycles. The molecule has 20 heavy (non-hydrogen) atoms. The van der Waals surface area contributed by atoms with E-state index in [1.165, 1.54) is 11.1 Å². The summed E-state index contributed by atoms with van der Waals surface area (Å²) in [7, 11) is 0. The molecule has 2 fully saturated rings. The molecule has 0 spiro atoms. The molecule has 1 amide bonds. The number of amides is 1. The summed E-state index contributed by atoms with van der Waals surface area (Å²) in [6.07, 6.45) is 2.32. The van der Waals surface area contributed by atoms with Crippen LogP contribution in [0.4, 0.5) is 0 Å². The largest absolute Gasteiger partial charge is 0.378 e. The van der Waals surface area contributed by atoms with Crippen molar-refractivity contribution in [3.63, 3.8) is 0 Å². The number of benzene rings is 1. The third-order valence-electron chi connectivity index (χ3n) is 4.41. The van der Waals surface area contributed by atoms with Crippen molar-refractivity contribution in [3.05, 3.63) is 35.4 Å². The van der Waals surface area contributed by atoms with Crippen LogP contribution < -0.4 is 10.6 Å². The van der Waals surface area contributed by atoms with Gasteiger partial charge < -0.3 is 15.4 Å². The number of rotatable bonds is 4. The lowest BCUT2D eigenvalue weighted by molar-refractivity contribution is -0.126. The Kier molecular flexibility index (Phi) is 3.76. The summed E-state index contributed by atoms with van der Waals surface area (Å²) in [4.78, 5) is 12.1. The number of morpholine rings is 1. The minimum atomic E-state index is -0.198. The molecule has 1 aromatic rings. The molecular formula is C16H22N2O2. The maximum Gasteiger partial charge on any atom is 0.239 e. The summed E-state index contributed by atoms with van der Waals surface area (Å²) in [5, 5.41) is 6.29. The number of carbonyl (C=O) groups excluding carboxylic acids is 1. The number of hydrogen-bond acceptors (Lipinski definition) is 3. The van der Waals surface area contributed by atoms with E-state index in [9.17, 15) is 4.79 Å².